The summed E-state index contributed by atoms with van der Waals surface area (Å²) in [5.41, 5.74) is 12.7. The van der Waals surface area contributed by atoms with E-state index in [-0.39, 0.29) is 20.7 Å². The van der Waals surface area contributed by atoms with Gasteiger partial charge in [-0.05, 0) is 10.1 Å². The van der Waals surface area contributed by atoms with E-state index in [1.54, 1.807) is 0 Å². The van der Waals surface area contributed by atoms with E-state index < -0.39 is 0 Å². The maximum Gasteiger partial charge on any atom is 0.0602 e. The topological polar surface area (TPSA) is 52.0 Å². The quantitative estimate of drug-likeness (QED) is 0.494. The van der Waals surface area contributed by atoms with E-state index in [9.17, 15) is 0 Å². The third-order valence-corrected chi connectivity index (χ3v) is 3.83. The van der Waals surface area contributed by atoms with Crippen LogP contribution < -0.4 is 11.5 Å². The first kappa shape index (κ1) is 7.78. The number of allylic oxidation sites excluding steroid dienone is 3. The predicted molar refractivity (Wildman–Crippen MR) is 54.1 cm³/mol. The molecule has 0 saturated heterocycles. The largest absolute Gasteiger partial charge is 0.397 e. The monoisotopic (exact) mass is 250 g/mol. The van der Waals surface area contributed by atoms with Crippen molar-refractivity contribution in [3.63, 3.8) is 0 Å². The molecule has 1 rings (SSSR count). The van der Waals surface area contributed by atoms with Crippen LogP contribution in [0.15, 0.2) is 23.5 Å². The summed E-state index contributed by atoms with van der Waals surface area (Å²) in [5, 5.41) is 0. The van der Waals surface area contributed by atoms with E-state index in [2.05, 4.69) is 17.0 Å². The number of alkyl halides is 1. The molecule has 0 bridgehead atoms. The highest BCUT2D eigenvalue weighted by Gasteiger charge is 1.98. The molecular formula is C7H11IN2. The van der Waals surface area contributed by atoms with Crippen molar-refractivity contribution in [2.24, 2.45) is 11.5 Å². The molecule has 1 heterocycles. The zero-order chi connectivity index (χ0) is 7.56. The van der Waals surface area contributed by atoms with Crippen LogP contribution in [0.1, 0.15) is 6.92 Å². The molecular weight excluding hydrogens is 239 g/mol. The standard InChI is InChI=1S/C7H11IN2/c1-5-2-3-6(9)7(10)4-8-5/h2-5H,9-10H2,1H3. The maximum absolute atomic E-state index is 5.62. The molecule has 0 amide bonds. The minimum Gasteiger partial charge on any atom is -0.397 e. The summed E-state index contributed by atoms with van der Waals surface area (Å²) in [7, 11) is 0. The Kier molecular flexibility index (Phi) is 2.48. The Labute approximate surface area is 70.7 Å². The van der Waals surface area contributed by atoms with Crippen molar-refractivity contribution in [3.05, 3.63) is 23.5 Å². The van der Waals surface area contributed by atoms with Crippen LogP contribution in [0.2, 0.25) is 0 Å². The van der Waals surface area contributed by atoms with E-state index in [1.807, 2.05) is 6.08 Å². The van der Waals surface area contributed by atoms with Gasteiger partial charge < -0.3 is 11.5 Å². The molecule has 0 aromatic carbocycles. The molecule has 0 saturated carbocycles. The Morgan fingerprint density at radius 2 is 2.10 bits per heavy atom. The van der Waals surface area contributed by atoms with Gasteiger partial charge in [-0.1, -0.05) is 13.0 Å². The van der Waals surface area contributed by atoms with E-state index in [4.69, 9.17) is 11.5 Å². The number of hydrogen-bond acceptors (Lipinski definition) is 2. The van der Waals surface area contributed by atoms with Gasteiger partial charge in [0, 0.05) is 3.92 Å². The van der Waals surface area contributed by atoms with Crippen molar-refractivity contribution in [1.29, 1.82) is 0 Å². The molecule has 1 atom stereocenters. The van der Waals surface area contributed by atoms with Crippen LogP contribution in [-0.4, -0.2) is 7.94 Å². The van der Waals surface area contributed by atoms with E-state index in [1.165, 1.54) is 0 Å². The second kappa shape index (κ2) is 3.18. The first-order chi connectivity index (χ1) is 4.70. The minimum absolute atomic E-state index is 0.0824. The summed E-state index contributed by atoms with van der Waals surface area (Å²) in [6, 6.07) is 0. The van der Waals surface area contributed by atoms with Gasteiger partial charge in [0.25, 0.3) is 0 Å². The average Bonchev–Trinajstić information content (AvgIpc) is 2.04. The van der Waals surface area contributed by atoms with Gasteiger partial charge in [0.05, 0.1) is 11.4 Å². The van der Waals surface area contributed by atoms with Crippen LogP contribution in [0.3, 0.4) is 0 Å². The summed E-state index contributed by atoms with van der Waals surface area (Å²) in [6.45, 7) is 2.19. The van der Waals surface area contributed by atoms with Crippen LogP contribution in [0.4, 0.5) is 0 Å². The Balaban J connectivity index is 2.91. The number of halogens is 1. The highest BCUT2D eigenvalue weighted by Crippen LogP contribution is 2.14. The van der Waals surface area contributed by atoms with Gasteiger partial charge in [-0.3, -0.25) is 0 Å². The van der Waals surface area contributed by atoms with Crippen molar-refractivity contribution < 1.29 is 0 Å². The van der Waals surface area contributed by atoms with Gasteiger partial charge in [0.2, 0.25) is 0 Å². The van der Waals surface area contributed by atoms with Gasteiger partial charge in [-0.25, -0.2) is 0 Å². The van der Waals surface area contributed by atoms with E-state index in [0.29, 0.717) is 9.62 Å². The Morgan fingerprint density at radius 3 is 2.80 bits per heavy atom. The molecule has 1 aliphatic rings. The first-order valence-corrected chi connectivity index (χ1v) is 5.58. The van der Waals surface area contributed by atoms with Crippen molar-refractivity contribution in [2.45, 2.75) is 10.8 Å². The van der Waals surface area contributed by atoms with Crippen LogP contribution in [0.5, 0.6) is 0 Å². The fraction of sp³-hybridized carbons (Fsp3) is 0.286. The molecule has 0 fully saturated rings. The van der Waals surface area contributed by atoms with Gasteiger partial charge in [-0.2, -0.15) is 0 Å². The molecule has 56 valence electrons. The maximum atomic E-state index is 5.62. The smallest absolute Gasteiger partial charge is 0.0602 e. The summed E-state index contributed by atoms with van der Waals surface area (Å²) >= 11 is 0.0824. The average molecular weight is 250 g/mol. The van der Waals surface area contributed by atoms with Crippen LogP contribution >= 0.6 is 20.7 Å². The molecule has 0 aromatic heterocycles. The zero-order valence-corrected chi connectivity index (χ0v) is 8.00. The molecule has 2 nitrogen and oxygen atoms in total. The highest BCUT2D eigenvalue weighted by molar-refractivity contribution is 14.2. The number of nitrogens with two attached hydrogens (primary N) is 2. The zero-order valence-electron chi connectivity index (χ0n) is 5.84. The lowest BCUT2D eigenvalue weighted by atomic mass is 10.3. The lowest BCUT2D eigenvalue weighted by molar-refractivity contribution is 1.26. The Morgan fingerprint density at radius 1 is 1.40 bits per heavy atom. The van der Waals surface area contributed by atoms with Crippen LogP contribution in [0, 0.1) is 0 Å². The number of hydrogen-bond donors (Lipinski definition) is 2. The molecule has 0 radical (unpaired) electrons. The molecule has 0 aromatic rings. The summed E-state index contributed by atoms with van der Waals surface area (Å²) < 4.78 is 2.75. The molecule has 0 spiro atoms. The molecule has 1 aliphatic heterocycles. The summed E-state index contributed by atoms with van der Waals surface area (Å²) in [4.78, 5) is 0. The Bertz CT molecular complexity index is 194. The number of rotatable bonds is 0. The molecule has 0 aliphatic carbocycles. The van der Waals surface area contributed by atoms with E-state index >= 15 is 0 Å². The third kappa shape index (κ3) is 1.83. The van der Waals surface area contributed by atoms with Gasteiger partial charge >= 0.3 is 0 Å². The fourth-order valence-electron chi connectivity index (χ4n) is 0.605. The lowest BCUT2D eigenvalue weighted by Crippen LogP contribution is -2.07. The van der Waals surface area contributed by atoms with Gasteiger partial charge in [0.15, 0.2) is 0 Å². The fourth-order valence-corrected chi connectivity index (χ4v) is 2.37. The van der Waals surface area contributed by atoms with Crippen LogP contribution in [-0.2, 0) is 0 Å². The van der Waals surface area contributed by atoms with Crippen LogP contribution in [0.25, 0.3) is 0 Å². The summed E-state index contributed by atoms with van der Waals surface area (Å²) in [6.07, 6.45) is 4.03. The second-order valence-electron chi connectivity index (χ2n) is 2.18. The van der Waals surface area contributed by atoms with Crippen molar-refractivity contribution >= 4 is 24.7 Å². The molecule has 10 heavy (non-hydrogen) atoms. The normalized spacial score (nSPS) is 25.9. The SMILES string of the molecule is CC1C=CC(N)=C(N)C=I1. The first-order valence-electron chi connectivity index (χ1n) is 3.09. The van der Waals surface area contributed by atoms with E-state index in [0.717, 1.165) is 5.70 Å². The van der Waals surface area contributed by atoms with Gasteiger partial charge in [0.1, 0.15) is 0 Å². The highest BCUT2D eigenvalue weighted by atomic mass is 127. The lowest BCUT2D eigenvalue weighted by Gasteiger charge is -1.92. The second-order valence-corrected chi connectivity index (χ2v) is 5.49. The van der Waals surface area contributed by atoms with Gasteiger partial charge in [-0.15, -0.1) is 20.7 Å². The third-order valence-electron chi connectivity index (χ3n) is 1.25. The van der Waals surface area contributed by atoms with Crippen molar-refractivity contribution in [2.75, 3.05) is 0 Å². The minimum atomic E-state index is 0.0824. The Hall–Kier alpha value is -0.320. The molecule has 3 heteroatoms. The molecule has 4 N–H and O–H groups in total. The molecule has 1 unspecified atom stereocenters. The predicted octanol–water partition coefficient (Wildman–Crippen LogP) is 0.847. The van der Waals surface area contributed by atoms with Crippen molar-refractivity contribution in [3.8, 4) is 0 Å². The summed E-state index contributed by atoms with van der Waals surface area (Å²) in [5.74, 6) is 0. The van der Waals surface area contributed by atoms with Crippen molar-refractivity contribution in [1.82, 2.24) is 0 Å².